The Bertz CT molecular complexity index is 882. The number of hydrogen-bond donors (Lipinski definition) is 1. The SMILES string of the molecule is Cc1ccccc1C(=O)NC1CCN(C(=O)c2ccc3c(c2)CCCC3)CC1. The Morgan fingerprint density at radius 2 is 1.68 bits per heavy atom. The van der Waals surface area contributed by atoms with Gasteiger partial charge in [0.25, 0.3) is 11.8 Å². The fourth-order valence-electron chi connectivity index (χ4n) is 4.37. The summed E-state index contributed by atoms with van der Waals surface area (Å²) in [5.74, 6) is 0.106. The summed E-state index contributed by atoms with van der Waals surface area (Å²) in [5, 5.41) is 3.14. The molecule has 4 nitrogen and oxygen atoms in total. The topological polar surface area (TPSA) is 49.4 Å². The number of amides is 2. The lowest BCUT2D eigenvalue weighted by molar-refractivity contribution is 0.0698. The maximum absolute atomic E-state index is 12.9. The molecule has 1 saturated heterocycles. The number of nitrogens with one attached hydrogen (secondary N) is 1. The smallest absolute Gasteiger partial charge is 0.253 e. The van der Waals surface area contributed by atoms with E-state index in [1.165, 1.54) is 24.0 Å². The predicted molar refractivity (Wildman–Crippen MR) is 111 cm³/mol. The molecule has 1 N–H and O–H groups in total. The minimum absolute atomic E-state index is 0.0161. The molecule has 28 heavy (non-hydrogen) atoms. The summed E-state index contributed by atoms with van der Waals surface area (Å²) in [6, 6.07) is 14.0. The van der Waals surface area contributed by atoms with Gasteiger partial charge < -0.3 is 10.2 Å². The van der Waals surface area contributed by atoms with Crippen LogP contribution < -0.4 is 5.32 Å². The second kappa shape index (κ2) is 8.17. The van der Waals surface area contributed by atoms with Crippen LogP contribution >= 0.6 is 0 Å². The number of likely N-dealkylation sites (tertiary alicyclic amines) is 1. The van der Waals surface area contributed by atoms with E-state index in [0.29, 0.717) is 13.1 Å². The fourth-order valence-corrected chi connectivity index (χ4v) is 4.37. The Labute approximate surface area is 166 Å². The Morgan fingerprint density at radius 3 is 2.43 bits per heavy atom. The molecular formula is C24H28N2O2. The number of piperidine rings is 1. The van der Waals surface area contributed by atoms with Gasteiger partial charge in [-0.05, 0) is 80.3 Å². The summed E-state index contributed by atoms with van der Waals surface area (Å²) in [6.45, 7) is 3.33. The largest absolute Gasteiger partial charge is 0.349 e. The van der Waals surface area contributed by atoms with E-state index in [0.717, 1.165) is 42.4 Å². The number of fused-ring (bicyclic) bond motifs is 1. The van der Waals surface area contributed by atoms with Crippen LogP contribution in [0, 0.1) is 6.92 Å². The first-order valence-corrected chi connectivity index (χ1v) is 10.4. The zero-order valence-corrected chi connectivity index (χ0v) is 16.5. The van der Waals surface area contributed by atoms with Crippen molar-refractivity contribution in [1.82, 2.24) is 10.2 Å². The molecule has 1 heterocycles. The number of rotatable bonds is 3. The quantitative estimate of drug-likeness (QED) is 0.883. The van der Waals surface area contributed by atoms with Crippen molar-refractivity contribution in [3.8, 4) is 0 Å². The van der Waals surface area contributed by atoms with Gasteiger partial charge in [0.15, 0.2) is 0 Å². The average Bonchev–Trinajstić information content (AvgIpc) is 2.73. The Kier molecular flexibility index (Phi) is 5.47. The van der Waals surface area contributed by atoms with E-state index >= 15 is 0 Å². The summed E-state index contributed by atoms with van der Waals surface area (Å²) in [4.78, 5) is 27.4. The van der Waals surface area contributed by atoms with Gasteiger partial charge in [0.2, 0.25) is 0 Å². The zero-order valence-electron chi connectivity index (χ0n) is 16.5. The van der Waals surface area contributed by atoms with Gasteiger partial charge >= 0.3 is 0 Å². The number of aryl methyl sites for hydroxylation is 3. The fraction of sp³-hybridized carbons (Fsp3) is 0.417. The number of benzene rings is 2. The highest BCUT2D eigenvalue weighted by Gasteiger charge is 2.25. The molecule has 4 rings (SSSR count). The van der Waals surface area contributed by atoms with Crippen LogP contribution in [-0.4, -0.2) is 35.8 Å². The third kappa shape index (κ3) is 3.96. The Balaban J connectivity index is 1.34. The molecule has 4 heteroatoms. The molecule has 146 valence electrons. The molecule has 2 aromatic carbocycles. The molecule has 2 aliphatic rings. The van der Waals surface area contributed by atoms with Crippen molar-refractivity contribution in [2.75, 3.05) is 13.1 Å². The third-order valence-corrected chi connectivity index (χ3v) is 6.10. The van der Waals surface area contributed by atoms with Crippen LogP contribution in [0.25, 0.3) is 0 Å². The van der Waals surface area contributed by atoms with Gasteiger partial charge in [0, 0.05) is 30.3 Å². The minimum Gasteiger partial charge on any atom is -0.349 e. The maximum Gasteiger partial charge on any atom is 0.253 e. The summed E-state index contributed by atoms with van der Waals surface area (Å²) in [6.07, 6.45) is 6.29. The highest BCUT2D eigenvalue weighted by Crippen LogP contribution is 2.23. The van der Waals surface area contributed by atoms with Gasteiger partial charge in [0.1, 0.15) is 0 Å². The second-order valence-corrected chi connectivity index (χ2v) is 8.05. The first kappa shape index (κ1) is 18.7. The second-order valence-electron chi connectivity index (χ2n) is 8.05. The van der Waals surface area contributed by atoms with E-state index in [-0.39, 0.29) is 17.9 Å². The van der Waals surface area contributed by atoms with Crippen LogP contribution in [-0.2, 0) is 12.8 Å². The number of carbonyl (C=O) groups excluding carboxylic acids is 2. The summed E-state index contributed by atoms with van der Waals surface area (Å²) >= 11 is 0. The van der Waals surface area contributed by atoms with Gasteiger partial charge in [0.05, 0.1) is 0 Å². The molecular weight excluding hydrogens is 348 g/mol. The van der Waals surface area contributed by atoms with Crippen molar-refractivity contribution < 1.29 is 9.59 Å². The highest BCUT2D eigenvalue weighted by molar-refractivity contribution is 5.96. The van der Waals surface area contributed by atoms with Gasteiger partial charge in [-0.25, -0.2) is 0 Å². The van der Waals surface area contributed by atoms with Crippen LogP contribution in [0.5, 0.6) is 0 Å². The van der Waals surface area contributed by atoms with Gasteiger partial charge in [-0.1, -0.05) is 24.3 Å². The number of carbonyl (C=O) groups is 2. The number of nitrogens with zero attached hydrogens (tertiary/aromatic N) is 1. The monoisotopic (exact) mass is 376 g/mol. The molecule has 0 unspecified atom stereocenters. The summed E-state index contributed by atoms with van der Waals surface area (Å²) in [5.41, 5.74) is 5.27. The van der Waals surface area contributed by atoms with Crippen molar-refractivity contribution in [2.24, 2.45) is 0 Å². The van der Waals surface area contributed by atoms with Gasteiger partial charge in [-0.3, -0.25) is 9.59 Å². The van der Waals surface area contributed by atoms with Crippen molar-refractivity contribution >= 4 is 11.8 Å². The van der Waals surface area contributed by atoms with Gasteiger partial charge in [-0.2, -0.15) is 0 Å². The molecule has 0 aromatic heterocycles. The molecule has 0 atom stereocenters. The standard InChI is InChI=1S/C24H28N2O2/c1-17-6-2-5-9-22(17)23(27)25-21-12-14-26(15-13-21)24(28)20-11-10-18-7-3-4-8-19(18)16-20/h2,5-6,9-11,16,21H,3-4,7-8,12-15H2,1H3,(H,25,27). The van der Waals surface area contributed by atoms with Gasteiger partial charge in [-0.15, -0.1) is 0 Å². The lowest BCUT2D eigenvalue weighted by Gasteiger charge is -2.32. The minimum atomic E-state index is -0.0161. The van der Waals surface area contributed by atoms with Crippen molar-refractivity contribution in [3.05, 3.63) is 70.3 Å². The Morgan fingerprint density at radius 1 is 0.964 bits per heavy atom. The highest BCUT2D eigenvalue weighted by atomic mass is 16.2. The molecule has 1 aliphatic heterocycles. The zero-order chi connectivity index (χ0) is 19.5. The van der Waals surface area contributed by atoms with Crippen LogP contribution in [0.3, 0.4) is 0 Å². The predicted octanol–water partition coefficient (Wildman–Crippen LogP) is 3.91. The molecule has 2 amide bonds. The average molecular weight is 377 g/mol. The first-order chi connectivity index (χ1) is 13.6. The third-order valence-electron chi connectivity index (χ3n) is 6.10. The van der Waals surface area contributed by atoms with E-state index in [1.807, 2.05) is 42.2 Å². The molecule has 0 saturated carbocycles. The summed E-state index contributed by atoms with van der Waals surface area (Å²) < 4.78 is 0. The van der Waals surface area contributed by atoms with Crippen molar-refractivity contribution in [2.45, 2.75) is 51.5 Å². The lowest BCUT2D eigenvalue weighted by atomic mass is 9.90. The van der Waals surface area contributed by atoms with Crippen LogP contribution in [0.4, 0.5) is 0 Å². The van der Waals surface area contributed by atoms with E-state index in [9.17, 15) is 9.59 Å². The Hall–Kier alpha value is -2.62. The summed E-state index contributed by atoms with van der Waals surface area (Å²) in [7, 11) is 0. The van der Waals surface area contributed by atoms with Crippen LogP contribution in [0.1, 0.15) is 63.1 Å². The molecule has 2 aromatic rings. The first-order valence-electron chi connectivity index (χ1n) is 10.4. The molecule has 0 radical (unpaired) electrons. The maximum atomic E-state index is 12.9. The van der Waals surface area contributed by atoms with Crippen molar-refractivity contribution in [3.63, 3.8) is 0 Å². The van der Waals surface area contributed by atoms with Crippen molar-refractivity contribution in [1.29, 1.82) is 0 Å². The van der Waals surface area contributed by atoms with E-state index in [4.69, 9.17) is 0 Å². The normalized spacial score (nSPS) is 17.1. The van der Waals surface area contributed by atoms with Crippen LogP contribution in [0.2, 0.25) is 0 Å². The van der Waals surface area contributed by atoms with Crippen LogP contribution in [0.15, 0.2) is 42.5 Å². The molecule has 0 spiro atoms. The molecule has 0 bridgehead atoms. The van der Waals surface area contributed by atoms with E-state index in [2.05, 4.69) is 17.4 Å². The van der Waals surface area contributed by atoms with E-state index in [1.54, 1.807) is 0 Å². The number of hydrogen-bond acceptors (Lipinski definition) is 2. The van der Waals surface area contributed by atoms with E-state index < -0.39 is 0 Å². The molecule has 1 fully saturated rings. The lowest BCUT2D eigenvalue weighted by Crippen LogP contribution is -2.46. The molecule has 1 aliphatic carbocycles.